The highest BCUT2D eigenvalue weighted by atomic mass is 19.4. The van der Waals surface area contributed by atoms with Gasteiger partial charge in [-0.3, -0.25) is 14.4 Å². The van der Waals surface area contributed by atoms with E-state index in [1.54, 1.807) is 25.1 Å². The van der Waals surface area contributed by atoms with Crippen LogP contribution in [0.1, 0.15) is 42.4 Å². The maximum absolute atomic E-state index is 13.6. The maximum Gasteiger partial charge on any atom is 0.389 e. The third-order valence-electron chi connectivity index (χ3n) is 6.70. The van der Waals surface area contributed by atoms with Crippen LogP contribution in [-0.4, -0.2) is 46.9 Å². The summed E-state index contributed by atoms with van der Waals surface area (Å²) in [7, 11) is 0. The lowest BCUT2D eigenvalue weighted by atomic mass is 9.87. The van der Waals surface area contributed by atoms with Gasteiger partial charge in [0.1, 0.15) is 5.82 Å². The number of amides is 3. The van der Waals surface area contributed by atoms with Gasteiger partial charge in [0, 0.05) is 24.0 Å². The number of nitrogens with zero attached hydrogens (tertiary/aromatic N) is 2. The Kier molecular flexibility index (Phi) is 7.55. The first-order valence-electron chi connectivity index (χ1n) is 11.9. The molecular formula is C26H22F7N3O3. The van der Waals surface area contributed by atoms with Crippen LogP contribution in [0.5, 0.6) is 0 Å². The highest BCUT2D eigenvalue weighted by Gasteiger charge is 2.53. The molecule has 6 nitrogen and oxygen atoms in total. The zero-order valence-corrected chi connectivity index (χ0v) is 20.4. The van der Waals surface area contributed by atoms with E-state index >= 15 is 0 Å². The van der Waals surface area contributed by atoms with Crippen molar-refractivity contribution in [3.63, 3.8) is 0 Å². The number of benzene rings is 2. The maximum atomic E-state index is 13.6. The van der Waals surface area contributed by atoms with Gasteiger partial charge < -0.3 is 5.32 Å². The molecule has 1 N–H and O–H groups in total. The summed E-state index contributed by atoms with van der Waals surface area (Å²) in [6.45, 7) is 1.66. The van der Waals surface area contributed by atoms with E-state index in [9.17, 15) is 45.1 Å². The molecule has 0 radical (unpaired) electrons. The van der Waals surface area contributed by atoms with Crippen molar-refractivity contribution in [2.75, 3.05) is 5.32 Å². The second-order valence-corrected chi connectivity index (χ2v) is 9.41. The lowest BCUT2D eigenvalue weighted by molar-refractivity contribution is -0.147. The smallest absolute Gasteiger partial charge is 0.322 e. The van der Waals surface area contributed by atoms with E-state index in [-0.39, 0.29) is 11.4 Å². The number of alkyl halides is 6. The Morgan fingerprint density at radius 1 is 0.846 bits per heavy atom. The Hall–Kier alpha value is -3.77. The van der Waals surface area contributed by atoms with E-state index in [0.717, 1.165) is 12.1 Å². The molecule has 4 rings (SSSR count). The molecule has 208 valence electrons. The minimum Gasteiger partial charge on any atom is -0.322 e. The predicted octanol–water partition coefficient (Wildman–Crippen LogP) is 5.54. The fourth-order valence-electron chi connectivity index (χ4n) is 4.82. The van der Waals surface area contributed by atoms with Crippen LogP contribution in [0.15, 0.2) is 47.5 Å². The number of nitrogens with one attached hydrogen (secondary N) is 1. The van der Waals surface area contributed by atoms with Gasteiger partial charge in [-0.05, 0) is 49.6 Å². The van der Waals surface area contributed by atoms with Gasteiger partial charge in [0.25, 0.3) is 5.91 Å². The van der Waals surface area contributed by atoms with Gasteiger partial charge in [-0.15, -0.1) is 0 Å². The molecule has 1 fully saturated rings. The van der Waals surface area contributed by atoms with E-state index in [0.29, 0.717) is 21.6 Å². The fraction of sp³-hybridized carbons (Fsp3) is 0.385. The van der Waals surface area contributed by atoms with Crippen LogP contribution >= 0.6 is 0 Å². The standard InChI is InChI=1S/C26H22F7N3O3/c1-13-3-2-4-18-19(13)35-22(37)21(34-20(18)14-5-7-15(27)8-6-14)36-23(38)16(9-11-25(28,29)30)17(24(36)39)10-12-26(31,32)33/h2-8,16-17,21H,9-12H2,1H3,(H,35,37)/t16-,17+,21-/m0/s1. The second-order valence-electron chi connectivity index (χ2n) is 9.41. The number of anilines is 1. The van der Waals surface area contributed by atoms with Gasteiger partial charge in [-0.25, -0.2) is 14.3 Å². The fourth-order valence-corrected chi connectivity index (χ4v) is 4.82. The summed E-state index contributed by atoms with van der Waals surface area (Å²) in [4.78, 5) is 44.6. The Balaban J connectivity index is 1.79. The third kappa shape index (κ3) is 6.12. The number of fused-ring (bicyclic) bond motifs is 1. The zero-order chi connectivity index (χ0) is 28.7. The number of para-hydroxylation sites is 1. The highest BCUT2D eigenvalue weighted by Crippen LogP contribution is 2.40. The number of hydrogen-bond donors (Lipinski definition) is 1. The van der Waals surface area contributed by atoms with Crippen LogP contribution in [0.3, 0.4) is 0 Å². The number of hydrogen-bond acceptors (Lipinski definition) is 4. The summed E-state index contributed by atoms with van der Waals surface area (Å²) >= 11 is 0. The van der Waals surface area contributed by atoms with Crippen molar-refractivity contribution in [3.05, 3.63) is 65.0 Å². The molecule has 3 atom stereocenters. The van der Waals surface area contributed by atoms with Crippen LogP contribution in [0, 0.1) is 24.6 Å². The van der Waals surface area contributed by atoms with Gasteiger partial charge in [0.2, 0.25) is 18.0 Å². The van der Waals surface area contributed by atoms with E-state index in [2.05, 4.69) is 10.3 Å². The number of halogens is 7. The zero-order valence-electron chi connectivity index (χ0n) is 20.4. The number of benzodiazepines with no additional fused rings is 1. The quantitative estimate of drug-likeness (QED) is 0.375. The number of aryl methyl sites for hydroxylation is 1. The molecule has 2 heterocycles. The summed E-state index contributed by atoms with van der Waals surface area (Å²) in [5, 5.41) is 2.58. The first-order valence-corrected chi connectivity index (χ1v) is 11.9. The number of carbonyl (C=O) groups excluding carboxylic acids is 3. The van der Waals surface area contributed by atoms with E-state index < -0.39 is 79.6 Å². The van der Waals surface area contributed by atoms with E-state index in [4.69, 9.17) is 0 Å². The summed E-state index contributed by atoms with van der Waals surface area (Å²) in [5.74, 6) is -7.40. The first kappa shape index (κ1) is 28.2. The molecule has 0 saturated carbocycles. The summed E-state index contributed by atoms with van der Waals surface area (Å²) < 4.78 is 91.4. The van der Waals surface area contributed by atoms with Crippen molar-refractivity contribution in [3.8, 4) is 0 Å². The molecule has 39 heavy (non-hydrogen) atoms. The van der Waals surface area contributed by atoms with Crippen molar-refractivity contribution in [1.29, 1.82) is 0 Å². The number of rotatable bonds is 6. The van der Waals surface area contributed by atoms with Crippen LogP contribution in [0.4, 0.5) is 36.4 Å². The van der Waals surface area contributed by atoms with Crippen LogP contribution in [-0.2, 0) is 14.4 Å². The van der Waals surface area contributed by atoms with Crippen molar-refractivity contribution < 1.29 is 45.1 Å². The SMILES string of the molecule is Cc1cccc2c1NC(=O)[C@H](N1C(=O)[C@@H](CCC(F)(F)F)[C@@H](CCC(F)(F)F)C1=O)N=C2c1ccc(F)cc1. The van der Waals surface area contributed by atoms with Crippen LogP contribution in [0.25, 0.3) is 0 Å². The Bertz CT molecular complexity index is 1280. The second kappa shape index (κ2) is 10.4. The monoisotopic (exact) mass is 557 g/mol. The van der Waals surface area contributed by atoms with Crippen molar-refractivity contribution >= 4 is 29.1 Å². The lowest BCUT2D eigenvalue weighted by Gasteiger charge is -2.22. The molecule has 0 bridgehead atoms. The molecule has 2 aromatic rings. The average molecular weight is 557 g/mol. The molecule has 0 aromatic heterocycles. The largest absolute Gasteiger partial charge is 0.389 e. The van der Waals surface area contributed by atoms with Crippen molar-refractivity contribution in [2.24, 2.45) is 16.8 Å². The topological polar surface area (TPSA) is 78.8 Å². The van der Waals surface area contributed by atoms with Crippen LogP contribution in [0.2, 0.25) is 0 Å². The molecule has 2 aliphatic rings. The average Bonchev–Trinajstić information content (AvgIpc) is 2.96. The normalized spacial score (nSPS) is 21.9. The summed E-state index contributed by atoms with van der Waals surface area (Å²) in [6.07, 6.45) is -16.2. The Morgan fingerprint density at radius 2 is 1.38 bits per heavy atom. The van der Waals surface area contributed by atoms with Crippen LogP contribution < -0.4 is 5.32 Å². The van der Waals surface area contributed by atoms with Gasteiger partial charge in [0.05, 0.1) is 23.2 Å². The van der Waals surface area contributed by atoms with E-state index in [1.165, 1.54) is 12.1 Å². The minimum atomic E-state index is -4.72. The predicted molar refractivity (Wildman–Crippen MR) is 125 cm³/mol. The minimum absolute atomic E-state index is 0.0724. The first-order chi connectivity index (χ1) is 18.2. The van der Waals surface area contributed by atoms with Crippen molar-refractivity contribution in [2.45, 2.75) is 51.1 Å². The molecule has 3 amide bonds. The number of likely N-dealkylation sites (tertiary alicyclic amines) is 1. The molecule has 2 aromatic carbocycles. The summed E-state index contributed by atoms with van der Waals surface area (Å²) in [5.41, 5.74) is 1.57. The number of imide groups is 1. The molecule has 0 aliphatic carbocycles. The molecule has 2 aliphatic heterocycles. The number of aliphatic imine (C=N–C) groups is 1. The molecule has 0 unspecified atom stereocenters. The molecular weight excluding hydrogens is 535 g/mol. The number of carbonyl (C=O) groups is 3. The van der Waals surface area contributed by atoms with Gasteiger partial charge in [-0.2, -0.15) is 26.3 Å². The van der Waals surface area contributed by atoms with Gasteiger partial charge >= 0.3 is 12.4 Å². The lowest BCUT2D eigenvalue weighted by Crippen LogP contribution is -2.46. The van der Waals surface area contributed by atoms with E-state index in [1.807, 2.05) is 0 Å². The molecule has 0 spiro atoms. The summed E-state index contributed by atoms with van der Waals surface area (Å²) in [6, 6.07) is 9.82. The van der Waals surface area contributed by atoms with Gasteiger partial charge in [0.15, 0.2) is 0 Å². The third-order valence-corrected chi connectivity index (χ3v) is 6.70. The Labute approximate surface area is 217 Å². The molecule has 13 heteroatoms. The van der Waals surface area contributed by atoms with Crippen molar-refractivity contribution in [1.82, 2.24) is 4.90 Å². The molecule has 1 saturated heterocycles. The highest BCUT2D eigenvalue weighted by molar-refractivity contribution is 6.21. The Morgan fingerprint density at radius 3 is 1.90 bits per heavy atom. The van der Waals surface area contributed by atoms with Gasteiger partial charge in [-0.1, -0.05) is 18.2 Å².